The van der Waals surface area contributed by atoms with Gasteiger partial charge in [0.2, 0.25) is 11.8 Å². The summed E-state index contributed by atoms with van der Waals surface area (Å²) in [4.78, 5) is 24.9. The van der Waals surface area contributed by atoms with Gasteiger partial charge in [-0.1, -0.05) is 25.3 Å². The number of hydrogen-bond donors (Lipinski definition) is 3. The first-order valence-electron chi connectivity index (χ1n) is 10.9. The van der Waals surface area contributed by atoms with Crippen molar-refractivity contribution in [2.75, 3.05) is 5.32 Å². The summed E-state index contributed by atoms with van der Waals surface area (Å²) in [6.45, 7) is 6.38. The zero-order valence-electron chi connectivity index (χ0n) is 18.8. The first-order chi connectivity index (χ1) is 14.7. The third kappa shape index (κ3) is 10.8. The fraction of sp³-hybridized carbons (Fsp3) is 0.500. The second kappa shape index (κ2) is 12.9. The SMILES string of the molecule is CC(C)(C)NSc1ccc(NC(=O)CCc2cccs2)cc1.NC(=O)C1CCCCC1. The molecule has 0 radical (unpaired) electrons. The third-order valence-corrected chi connectivity index (χ3v) is 6.96. The molecule has 170 valence electrons. The van der Waals surface area contributed by atoms with Gasteiger partial charge in [0.15, 0.2) is 0 Å². The van der Waals surface area contributed by atoms with Crippen molar-refractivity contribution in [2.24, 2.45) is 11.7 Å². The highest BCUT2D eigenvalue weighted by molar-refractivity contribution is 7.97. The number of amides is 2. The van der Waals surface area contributed by atoms with Crippen LogP contribution in [-0.2, 0) is 16.0 Å². The number of carbonyl (C=O) groups is 2. The van der Waals surface area contributed by atoms with E-state index in [1.165, 1.54) is 24.1 Å². The fourth-order valence-corrected chi connectivity index (χ4v) is 4.53. The summed E-state index contributed by atoms with van der Waals surface area (Å²) in [5.74, 6) is 0.148. The molecular weight excluding hydrogens is 426 g/mol. The van der Waals surface area contributed by atoms with Gasteiger partial charge in [0.05, 0.1) is 0 Å². The molecule has 31 heavy (non-hydrogen) atoms. The summed E-state index contributed by atoms with van der Waals surface area (Å²) in [6.07, 6.45) is 7.02. The molecule has 5 nitrogen and oxygen atoms in total. The Morgan fingerprint density at radius 3 is 2.29 bits per heavy atom. The van der Waals surface area contributed by atoms with E-state index in [2.05, 4.69) is 36.9 Å². The van der Waals surface area contributed by atoms with Crippen LogP contribution < -0.4 is 15.8 Å². The van der Waals surface area contributed by atoms with Gasteiger partial charge in [-0.05, 0) is 87.7 Å². The largest absolute Gasteiger partial charge is 0.369 e. The molecule has 1 fully saturated rings. The molecule has 2 aromatic rings. The highest BCUT2D eigenvalue weighted by Crippen LogP contribution is 2.23. The van der Waals surface area contributed by atoms with Crippen LogP contribution in [0.5, 0.6) is 0 Å². The molecule has 0 atom stereocenters. The molecule has 7 heteroatoms. The Balaban J connectivity index is 0.000000316. The predicted octanol–water partition coefficient (Wildman–Crippen LogP) is 5.77. The van der Waals surface area contributed by atoms with Gasteiger partial charge in [0, 0.05) is 33.3 Å². The summed E-state index contributed by atoms with van der Waals surface area (Å²) in [5.41, 5.74) is 6.04. The summed E-state index contributed by atoms with van der Waals surface area (Å²) in [7, 11) is 0. The van der Waals surface area contributed by atoms with E-state index in [1.807, 2.05) is 35.7 Å². The molecular formula is C24H35N3O2S2. The topological polar surface area (TPSA) is 84.2 Å². The summed E-state index contributed by atoms with van der Waals surface area (Å²) >= 11 is 3.29. The number of nitrogens with one attached hydrogen (secondary N) is 2. The second-order valence-corrected chi connectivity index (χ2v) is 10.8. The predicted molar refractivity (Wildman–Crippen MR) is 132 cm³/mol. The van der Waals surface area contributed by atoms with Gasteiger partial charge in [-0.25, -0.2) is 0 Å². The van der Waals surface area contributed by atoms with Gasteiger partial charge in [0.25, 0.3) is 0 Å². The lowest BCUT2D eigenvalue weighted by Gasteiger charge is -2.19. The van der Waals surface area contributed by atoms with E-state index in [1.54, 1.807) is 23.3 Å². The van der Waals surface area contributed by atoms with Crippen LogP contribution in [0.25, 0.3) is 0 Å². The number of aryl methyl sites for hydroxylation is 1. The molecule has 1 saturated carbocycles. The number of nitrogens with two attached hydrogens (primary N) is 1. The number of primary amides is 1. The minimum atomic E-state index is -0.102. The van der Waals surface area contributed by atoms with Crippen molar-refractivity contribution in [1.82, 2.24) is 4.72 Å². The van der Waals surface area contributed by atoms with Crippen LogP contribution in [0.2, 0.25) is 0 Å². The van der Waals surface area contributed by atoms with Crippen LogP contribution in [-0.4, -0.2) is 17.4 Å². The first-order valence-corrected chi connectivity index (χ1v) is 12.6. The molecule has 0 unspecified atom stereocenters. The molecule has 4 N–H and O–H groups in total. The maximum absolute atomic E-state index is 11.9. The molecule has 1 aromatic carbocycles. The summed E-state index contributed by atoms with van der Waals surface area (Å²) in [5, 5.41) is 4.98. The lowest BCUT2D eigenvalue weighted by Crippen LogP contribution is -2.29. The highest BCUT2D eigenvalue weighted by atomic mass is 32.2. The van der Waals surface area contributed by atoms with Crippen LogP contribution in [0.15, 0.2) is 46.7 Å². The van der Waals surface area contributed by atoms with Crippen molar-refractivity contribution in [3.63, 3.8) is 0 Å². The average molecular weight is 462 g/mol. The van der Waals surface area contributed by atoms with E-state index in [4.69, 9.17) is 5.73 Å². The fourth-order valence-electron chi connectivity index (χ4n) is 3.12. The molecule has 0 aliphatic heterocycles. The number of benzene rings is 1. The Labute approximate surface area is 194 Å². The molecule has 0 bridgehead atoms. The molecule has 1 aliphatic rings. The molecule has 0 saturated heterocycles. The number of hydrogen-bond acceptors (Lipinski definition) is 5. The monoisotopic (exact) mass is 461 g/mol. The van der Waals surface area contributed by atoms with Gasteiger partial charge in [-0.3, -0.25) is 14.3 Å². The maximum Gasteiger partial charge on any atom is 0.224 e. The van der Waals surface area contributed by atoms with Crippen molar-refractivity contribution in [1.29, 1.82) is 0 Å². The lowest BCUT2D eigenvalue weighted by molar-refractivity contribution is -0.122. The van der Waals surface area contributed by atoms with E-state index in [0.717, 1.165) is 29.8 Å². The zero-order valence-corrected chi connectivity index (χ0v) is 20.4. The zero-order chi connectivity index (χ0) is 22.7. The first kappa shape index (κ1) is 25.4. The van der Waals surface area contributed by atoms with Gasteiger partial charge in [-0.15, -0.1) is 11.3 Å². The number of thiophene rings is 1. The minimum Gasteiger partial charge on any atom is -0.369 e. The van der Waals surface area contributed by atoms with Crippen molar-refractivity contribution in [3.8, 4) is 0 Å². The van der Waals surface area contributed by atoms with E-state index in [9.17, 15) is 9.59 Å². The quantitative estimate of drug-likeness (QED) is 0.457. The Bertz CT molecular complexity index is 793. The standard InChI is InChI=1S/C17H22N2OS2.C7H13NO/c1-17(2,3)19-22-15-8-6-13(7-9-15)18-16(20)11-10-14-5-4-12-21-14;8-7(9)6-4-2-1-3-5-6/h4-9,12,19H,10-11H2,1-3H3,(H,18,20);6H,1-5H2,(H2,8,9). The maximum atomic E-state index is 11.9. The van der Waals surface area contributed by atoms with E-state index in [0.29, 0.717) is 6.42 Å². The summed E-state index contributed by atoms with van der Waals surface area (Å²) in [6, 6.07) is 12.0. The van der Waals surface area contributed by atoms with E-state index >= 15 is 0 Å². The smallest absolute Gasteiger partial charge is 0.224 e. The second-order valence-electron chi connectivity index (χ2n) is 8.84. The lowest BCUT2D eigenvalue weighted by atomic mass is 9.89. The third-order valence-electron chi connectivity index (χ3n) is 4.80. The van der Waals surface area contributed by atoms with Crippen molar-refractivity contribution < 1.29 is 9.59 Å². The van der Waals surface area contributed by atoms with Gasteiger partial charge in [-0.2, -0.15) is 0 Å². The van der Waals surface area contributed by atoms with Gasteiger partial charge >= 0.3 is 0 Å². The van der Waals surface area contributed by atoms with Crippen LogP contribution in [0.3, 0.4) is 0 Å². The Kier molecular flexibility index (Phi) is 10.6. The summed E-state index contributed by atoms with van der Waals surface area (Å²) < 4.78 is 3.36. The number of anilines is 1. The molecule has 0 spiro atoms. The van der Waals surface area contributed by atoms with Gasteiger partial charge in [0.1, 0.15) is 0 Å². The molecule has 2 amide bonds. The Morgan fingerprint density at radius 2 is 1.77 bits per heavy atom. The molecule has 3 rings (SSSR count). The average Bonchev–Trinajstić information content (AvgIpc) is 3.26. The van der Waals surface area contributed by atoms with Crippen molar-refractivity contribution in [2.45, 2.75) is 76.2 Å². The molecule has 1 aliphatic carbocycles. The van der Waals surface area contributed by atoms with Crippen LogP contribution >= 0.6 is 23.3 Å². The van der Waals surface area contributed by atoms with Gasteiger partial charge < -0.3 is 11.1 Å². The van der Waals surface area contributed by atoms with Crippen LogP contribution in [0, 0.1) is 5.92 Å². The van der Waals surface area contributed by atoms with Crippen LogP contribution in [0.1, 0.15) is 64.2 Å². The highest BCUT2D eigenvalue weighted by Gasteiger charge is 2.17. The number of carbonyl (C=O) groups excluding carboxylic acids is 2. The van der Waals surface area contributed by atoms with Crippen molar-refractivity contribution >= 4 is 40.8 Å². The van der Waals surface area contributed by atoms with Crippen molar-refractivity contribution in [3.05, 3.63) is 46.7 Å². The number of rotatable bonds is 7. The van der Waals surface area contributed by atoms with E-state index < -0.39 is 0 Å². The Morgan fingerprint density at radius 1 is 1.10 bits per heavy atom. The molecule has 1 aromatic heterocycles. The normalized spacial score (nSPS) is 14.4. The molecule has 1 heterocycles. The minimum absolute atomic E-state index is 0.0571. The Hall–Kier alpha value is -1.83. The van der Waals surface area contributed by atoms with E-state index in [-0.39, 0.29) is 23.3 Å². The van der Waals surface area contributed by atoms with Crippen LogP contribution in [0.4, 0.5) is 5.69 Å².